The van der Waals surface area contributed by atoms with Crippen molar-refractivity contribution in [1.29, 1.82) is 0 Å². The van der Waals surface area contributed by atoms with Crippen LogP contribution in [0.4, 0.5) is 0 Å². The molecular formula is C49H54IrN2O-2. The number of hydrogen-bond acceptors (Lipinski definition) is 3. The van der Waals surface area contributed by atoms with E-state index in [1.54, 1.807) is 0 Å². The summed E-state index contributed by atoms with van der Waals surface area (Å²) in [4.78, 5) is 9.12. The molecule has 0 aliphatic heterocycles. The second kappa shape index (κ2) is 14.4. The Hall–Kier alpha value is -3.85. The molecule has 2 aliphatic carbocycles. The zero-order chi connectivity index (χ0) is 40.5. The molecule has 53 heavy (non-hydrogen) atoms. The largest absolute Gasteiger partial charge is 0.457 e. The van der Waals surface area contributed by atoms with Gasteiger partial charge in [-0.25, -0.2) is 0 Å². The van der Waals surface area contributed by atoms with Crippen LogP contribution in [0.1, 0.15) is 127 Å². The van der Waals surface area contributed by atoms with Gasteiger partial charge in [0.2, 0.25) is 0 Å². The average molecular weight is 883 g/mol. The summed E-state index contributed by atoms with van der Waals surface area (Å²) in [6, 6.07) is 33.0. The van der Waals surface area contributed by atoms with E-state index < -0.39 is 12.7 Å². The van der Waals surface area contributed by atoms with E-state index >= 15 is 0 Å². The number of furan rings is 1. The first-order valence-electron chi connectivity index (χ1n) is 20.7. The van der Waals surface area contributed by atoms with E-state index in [2.05, 4.69) is 121 Å². The Kier molecular flexibility index (Phi) is 9.17. The summed E-state index contributed by atoms with van der Waals surface area (Å²) < 4.78 is 40.5. The molecule has 0 amide bonds. The summed E-state index contributed by atoms with van der Waals surface area (Å²) in [7, 11) is 0. The number of benzene rings is 3. The van der Waals surface area contributed by atoms with Gasteiger partial charge in [0.15, 0.2) is 0 Å². The van der Waals surface area contributed by atoms with Gasteiger partial charge in [-0.2, -0.15) is 0 Å². The van der Waals surface area contributed by atoms with Gasteiger partial charge in [-0.15, -0.1) is 65.2 Å². The quantitative estimate of drug-likeness (QED) is 0.166. The fourth-order valence-electron chi connectivity index (χ4n) is 7.79. The van der Waals surface area contributed by atoms with Crippen LogP contribution in [0.3, 0.4) is 0 Å². The molecule has 0 bridgehead atoms. The number of hydrogen-bond donors (Lipinski definition) is 0. The summed E-state index contributed by atoms with van der Waals surface area (Å²) in [5, 5.41) is 1.13. The fourth-order valence-corrected chi connectivity index (χ4v) is 7.79. The van der Waals surface area contributed by atoms with E-state index in [0.717, 1.165) is 52.0 Å². The third-order valence-corrected chi connectivity index (χ3v) is 12.0. The van der Waals surface area contributed by atoms with Crippen LogP contribution in [0.2, 0.25) is 0 Å². The van der Waals surface area contributed by atoms with Gasteiger partial charge >= 0.3 is 0 Å². The van der Waals surface area contributed by atoms with Crippen molar-refractivity contribution in [3.05, 3.63) is 131 Å². The number of para-hydroxylation sites is 1. The maximum atomic E-state index is 9.42. The van der Waals surface area contributed by atoms with Crippen molar-refractivity contribution in [2.45, 2.75) is 117 Å². The second-order valence-corrected chi connectivity index (χ2v) is 17.6. The van der Waals surface area contributed by atoms with Gasteiger partial charge in [0.1, 0.15) is 11.3 Å². The number of nitrogens with zero attached hydrogens (tertiary/aromatic N) is 2. The van der Waals surface area contributed by atoms with E-state index in [-0.39, 0.29) is 47.3 Å². The number of pyridine rings is 2. The van der Waals surface area contributed by atoms with Crippen molar-refractivity contribution < 1.29 is 30.0 Å². The molecule has 277 valence electrons. The summed E-state index contributed by atoms with van der Waals surface area (Å²) >= 11 is 0. The summed E-state index contributed by atoms with van der Waals surface area (Å²) in [6.07, 6.45) is 6.47. The van der Waals surface area contributed by atoms with Crippen LogP contribution in [-0.4, -0.2) is 9.97 Å². The minimum Gasteiger partial charge on any atom is -0.457 e. The molecule has 1 radical (unpaired) electrons. The third kappa shape index (κ3) is 7.35. The molecule has 6 aromatic rings. The second-order valence-electron chi connectivity index (χ2n) is 17.6. The van der Waals surface area contributed by atoms with Crippen molar-refractivity contribution in [2.24, 2.45) is 5.41 Å². The van der Waals surface area contributed by atoms with Crippen molar-refractivity contribution in [3.8, 4) is 33.8 Å². The van der Waals surface area contributed by atoms with Crippen molar-refractivity contribution >= 4 is 11.0 Å². The topological polar surface area (TPSA) is 38.9 Å². The molecule has 1 saturated carbocycles. The van der Waals surface area contributed by atoms with Crippen LogP contribution in [0, 0.1) is 24.4 Å². The van der Waals surface area contributed by atoms with Gasteiger partial charge in [-0.3, -0.25) is 0 Å². The maximum Gasteiger partial charge on any atom is 0.135 e. The van der Waals surface area contributed by atoms with Gasteiger partial charge in [-0.1, -0.05) is 104 Å². The van der Waals surface area contributed by atoms with Crippen LogP contribution in [-0.2, 0) is 36.4 Å². The van der Waals surface area contributed by atoms with Crippen molar-refractivity contribution in [1.82, 2.24) is 9.97 Å². The Labute approximate surface area is 337 Å². The first-order valence-corrected chi connectivity index (χ1v) is 18.7. The Morgan fingerprint density at radius 1 is 0.811 bits per heavy atom. The van der Waals surface area contributed by atoms with E-state index in [1.807, 2.05) is 48.7 Å². The van der Waals surface area contributed by atoms with Crippen molar-refractivity contribution in [2.75, 3.05) is 0 Å². The molecule has 3 aromatic carbocycles. The minimum atomic E-state index is -2.33. The number of aryl methyl sites for hydroxylation is 1. The minimum absolute atomic E-state index is 0. The normalized spacial score (nSPS) is 19.1. The Balaban J connectivity index is 0.000000271. The third-order valence-electron chi connectivity index (χ3n) is 12.0. The van der Waals surface area contributed by atoms with E-state index in [4.69, 9.17) is 8.53 Å². The predicted molar refractivity (Wildman–Crippen MR) is 217 cm³/mol. The molecule has 0 N–H and O–H groups in total. The van der Waals surface area contributed by atoms with Gasteiger partial charge in [0.05, 0.1) is 0 Å². The van der Waals surface area contributed by atoms with Crippen LogP contribution in [0.5, 0.6) is 0 Å². The molecule has 3 aromatic heterocycles. The van der Waals surface area contributed by atoms with Crippen LogP contribution in [0.25, 0.3) is 44.8 Å². The number of aromatic nitrogens is 2. The molecule has 3 heterocycles. The molecule has 0 unspecified atom stereocenters. The first-order chi connectivity index (χ1) is 26.1. The zero-order valence-corrected chi connectivity index (χ0v) is 35.0. The van der Waals surface area contributed by atoms with Gasteiger partial charge in [0, 0.05) is 48.9 Å². The Morgan fingerprint density at radius 2 is 1.53 bits per heavy atom. The predicted octanol–water partition coefficient (Wildman–Crippen LogP) is 13.4. The molecule has 0 atom stereocenters. The van der Waals surface area contributed by atoms with Crippen LogP contribution in [0.15, 0.2) is 95.7 Å². The number of fused-ring (bicyclic) bond motifs is 5. The van der Waals surface area contributed by atoms with Crippen LogP contribution >= 0.6 is 0 Å². The standard InChI is InChI=1S/C34H38NO.C15H16N.Ir/c1-21-20-35-28(19-25(21)22-14-16-32(2,3)17-15-22)23-12-13-27-26(18-23)31-30(34(6,7)33(27,4)5)24-10-8-9-11-29(24)36-31;1-15(2,3)13-9-10-14(16-11-13)12-7-5-4-6-8-12;/h8-11,13,18-20,22H,14-17H2,1-7H3;4-7,9-11H,1-3H3;/q2*-1;/i1D3,22D;;. The molecule has 8 rings (SSSR count). The molecule has 0 saturated heterocycles. The Bertz CT molecular complexity index is 2380. The van der Waals surface area contributed by atoms with Crippen molar-refractivity contribution in [3.63, 3.8) is 0 Å². The molecule has 2 aliphatic rings. The smallest absolute Gasteiger partial charge is 0.135 e. The molecule has 1 fully saturated rings. The summed E-state index contributed by atoms with van der Waals surface area (Å²) in [5.41, 5.74) is 9.67. The molecule has 4 heteroatoms. The molecule has 3 nitrogen and oxygen atoms in total. The van der Waals surface area contributed by atoms with E-state index in [0.29, 0.717) is 24.1 Å². The maximum absolute atomic E-state index is 9.42. The van der Waals surface area contributed by atoms with Crippen LogP contribution < -0.4 is 0 Å². The van der Waals surface area contributed by atoms with E-state index in [9.17, 15) is 1.37 Å². The van der Waals surface area contributed by atoms with Gasteiger partial charge in [-0.05, 0) is 94.2 Å². The van der Waals surface area contributed by atoms with E-state index in [1.165, 1.54) is 22.9 Å². The summed E-state index contributed by atoms with van der Waals surface area (Å²) in [6.45, 7) is 17.8. The van der Waals surface area contributed by atoms with Gasteiger partial charge < -0.3 is 14.4 Å². The van der Waals surface area contributed by atoms with Gasteiger partial charge in [0.25, 0.3) is 0 Å². The first kappa shape index (κ1) is 33.7. The fraction of sp³-hybridized carbons (Fsp3) is 0.388. The zero-order valence-electron chi connectivity index (χ0n) is 36.6. The molecular weight excluding hydrogens is 825 g/mol. The molecule has 0 spiro atoms. The SMILES string of the molecule is CC(C)(C)c1ccc(-c2[c-]cccc2)nc1.[2H]C([2H])([2H])c1cnc(-c2[c-]cc3c(c2)-c2oc4ccccc4c2C(C)(C)C3(C)C)cc1C1([2H])CCC(C)(C)CC1.[Ir]. The number of rotatable bonds is 3. The Morgan fingerprint density at radius 3 is 2.19 bits per heavy atom. The monoisotopic (exact) mass is 883 g/mol. The average Bonchev–Trinajstić information content (AvgIpc) is 3.56. The summed E-state index contributed by atoms with van der Waals surface area (Å²) in [5.74, 6) is -0.0788.